The second-order valence-corrected chi connectivity index (χ2v) is 15.0. The molecular weight excluding hydrogens is 749 g/mol. The van der Waals surface area contributed by atoms with Gasteiger partial charge in [0.25, 0.3) is 0 Å². The maximum Gasteiger partial charge on any atom is 0.131 e. The zero-order chi connectivity index (χ0) is 29.2. The fraction of sp³-hybridized carbons (Fsp3) is 0.467. The molecule has 1 aliphatic rings. The van der Waals surface area contributed by atoms with Gasteiger partial charge in [-0.05, 0) is 78.0 Å². The Balaban J connectivity index is 0.000000194. The molecule has 0 spiro atoms. The number of likely N-dealkylation sites (N-methyl/N-ethyl adjacent to an activating group) is 1. The SMILES string of the molecule is CC(C)(CO)Cn1nc(I)c2ccc(Br)cc21.CN1CC=C(c2nn(CC(C)(C)CO)c3cc(Br)ccc23)CC1. The average Bonchev–Trinajstić information content (AvgIpc) is 3.40. The molecule has 2 N–H and O–H groups in total. The number of aliphatic hydroxyl groups excluding tert-OH is 2. The summed E-state index contributed by atoms with van der Waals surface area (Å²) in [6, 6.07) is 12.5. The van der Waals surface area contributed by atoms with Crippen LogP contribution in [0.25, 0.3) is 27.4 Å². The van der Waals surface area contributed by atoms with Crippen LogP contribution in [0.5, 0.6) is 0 Å². The van der Waals surface area contributed by atoms with Gasteiger partial charge in [0.2, 0.25) is 0 Å². The molecule has 216 valence electrons. The first-order valence-electron chi connectivity index (χ1n) is 13.4. The van der Waals surface area contributed by atoms with Crippen molar-refractivity contribution >= 4 is 81.8 Å². The Kier molecular flexibility index (Phi) is 10.2. The van der Waals surface area contributed by atoms with Gasteiger partial charge in [-0.25, -0.2) is 0 Å². The minimum Gasteiger partial charge on any atom is -0.396 e. The van der Waals surface area contributed by atoms with E-state index in [9.17, 15) is 10.2 Å². The molecule has 7 nitrogen and oxygen atoms in total. The number of hydrogen-bond donors (Lipinski definition) is 2. The first kappa shape index (κ1) is 31.6. The van der Waals surface area contributed by atoms with E-state index in [1.165, 1.54) is 11.0 Å². The summed E-state index contributed by atoms with van der Waals surface area (Å²) in [5.74, 6) is 0. The molecule has 3 heterocycles. The van der Waals surface area contributed by atoms with Crippen LogP contribution < -0.4 is 0 Å². The van der Waals surface area contributed by atoms with Crippen LogP contribution >= 0.6 is 54.5 Å². The smallest absolute Gasteiger partial charge is 0.131 e. The third-order valence-corrected chi connectivity index (χ3v) is 8.89. The van der Waals surface area contributed by atoms with Crippen molar-refractivity contribution in [2.24, 2.45) is 10.8 Å². The first-order valence-corrected chi connectivity index (χ1v) is 16.1. The predicted octanol–water partition coefficient (Wildman–Crippen LogP) is 6.96. The summed E-state index contributed by atoms with van der Waals surface area (Å²) >= 11 is 9.29. The summed E-state index contributed by atoms with van der Waals surface area (Å²) in [5.41, 5.74) is 4.29. The van der Waals surface area contributed by atoms with Crippen molar-refractivity contribution in [2.45, 2.75) is 47.2 Å². The maximum atomic E-state index is 9.60. The summed E-state index contributed by atoms with van der Waals surface area (Å²) in [6.07, 6.45) is 3.32. The van der Waals surface area contributed by atoms with Gasteiger partial charge in [-0.1, -0.05) is 65.6 Å². The number of aromatic nitrogens is 4. The van der Waals surface area contributed by atoms with Crippen LogP contribution in [0.1, 0.15) is 39.8 Å². The lowest BCUT2D eigenvalue weighted by Crippen LogP contribution is -2.25. The monoisotopic (exact) mass is 785 g/mol. The van der Waals surface area contributed by atoms with E-state index in [1.54, 1.807) is 0 Å². The van der Waals surface area contributed by atoms with Gasteiger partial charge >= 0.3 is 0 Å². The Morgan fingerprint density at radius 3 is 1.90 bits per heavy atom. The topological polar surface area (TPSA) is 79.3 Å². The molecule has 0 saturated carbocycles. The van der Waals surface area contributed by atoms with Crippen LogP contribution in [0.15, 0.2) is 51.4 Å². The molecule has 1 aliphatic heterocycles. The molecule has 0 atom stereocenters. The average molecular weight is 787 g/mol. The lowest BCUT2D eigenvalue weighted by Gasteiger charge is -2.22. The predicted molar refractivity (Wildman–Crippen MR) is 179 cm³/mol. The normalized spacial score (nSPS) is 14.9. The highest BCUT2D eigenvalue weighted by Gasteiger charge is 2.23. The van der Waals surface area contributed by atoms with E-state index in [4.69, 9.17) is 5.10 Å². The van der Waals surface area contributed by atoms with Crippen LogP contribution in [0.2, 0.25) is 0 Å². The minimum absolute atomic E-state index is 0.144. The van der Waals surface area contributed by atoms with E-state index < -0.39 is 0 Å². The fourth-order valence-corrected chi connectivity index (χ4v) is 6.04. The van der Waals surface area contributed by atoms with Crippen molar-refractivity contribution in [2.75, 3.05) is 33.4 Å². The third-order valence-electron chi connectivity index (χ3n) is 7.11. The largest absolute Gasteiger partial charge is 0.396 e. The molecule has 10 heteroatoms. The zero-order valence-electron chi connectivity index (χ0n) is 23.8. The Morgan fingerprint density at radius 1 is 0.850 bits per heavy atom. The molecule has 0 bridgehead atoms. The van der Waals surface area contributed by atoms with Gasteiger partial charge in [-0.15, -0.1) is 0 Å². The molecule has 0 unspecified atom stereocenters. The molecule has 40 heavy (non-hydrogen) atoms. The second kappa shape index (κ2) is 12.9. The fourth-order valence-electron chi connectivity index (χ4n) is 4.63. The Labute approximate surface area is 267 Å². The van der Waals surface area contributed by atoms with Gasteiger partial charge in [0, 0.05) is 69.9 Å². The highest BCUT2D eigenvalue weighted by Crippen LogP contribution is 2.32. The minimum atomic E-state index is -0.195. The Hall–Kier alpha value is -1.31. The molecule has 0 amide bonds. The van der Waals surface area contributed by atoms with Gasteiger partial charge < -0.3 is 15.1 Å². The maximum absolute atomic E-state index is 9.60. The van der Waals surface area contributed by atoms with Gasteiger partial charge in [0.15, 0.2) is 0 Å². The summed E-state index contributed by atoms with van der Waals surface area (Å²) in [7, 11) is 2.14. The van der Waals surface area contributed by atoms with Crippen molar-refractivity contribution in [3.05, 3.63) is 60.8 Å². The lowest BCUT2D eigenvalue weighted by molar-refractivity contribution is 0.138. The van der Waals surface area contributed by atoms with E-state index in [-0.39, 0.29) is 24.0 Å². The van der Waals surface area contributed by atoms with Crippen molar-refractivity contribution < 1.29 is 10.2 Å². The van der Waals surface area contributed by atoms with Gasteiger partial charge in [0.05, 0.1) is 16.7 Å². The number of rotatable bonds is 7. The Morgan fingerprint density at radius 2 is 1.38 bits per heavy atom. The molecule has 4 aromatic rings. The summed E-state index contributed by atoms with van der Waals surface area (Å²) < 4.78 is 7.11. The summed E-state index contributed by atoms with van der Waals surface area (Å²) in [4.78, 5) is 2.31. The van der Waals surface area contributed by atoms with Gasteiger partial charge in [0.1, 0.15) is 3.70 Å². The first-order chi connectivity index (χ1) is 18.8. The quantitative estimate of drug-likeness (QED) is 0.198. The van der Waals surface area contributed by atoms with Crippen LogP contribution in [-0.2, 0) is 13.1 Å². The van der Waals surface area contributed by atoms with Crippen LogP contribution in [0.3, 0.4) is 0 Å². The molecule has 0 fully saturated rings. The van der Waals surface area contributed by atoms with Crippen molar-refractivity contribution in [3.8, 4) is 0 Å². The number of aliphatic hydroxyl groups is 2. The van der Waals surface area contributed by atoms with Gasteiger partial charge in [-0.2, -0.15) is 10.2 Å². The third kappa shape index (κ3) is 7.55. The van der Waals surface area contributed by atoms with E-state index in [0.29, 0.717) is 13.1 Å². The van der Waals surface area contributed by atoms with Crippen LogP contribution in [0, 0.1) is 14.5 Å². The number of fused-ring (bicyclic) bond motifs is 2. The van der Waals surface area contributed by atoms with E-state index in [1.807, 2.05) is 29.3 Å². The highest BCUT2D eigenvalue weighted by atomic mass is 127. The van der Waals surface area contributed by atoms with Gasteiger partial charge in [-0.3, -0.25) is 9.36 Å². The zero-order valence-corrected chi connectivity index (χ0v) is 29.1. The molecule has 0 radical (unpaired) electrons. The molecule has 0 aliphatic carbocycles. The van der Waals surface area contributed by atoms with Crippen LogP contribution in [0.4, 0.5) is 0 Å². The number of hydrogen-bond acceptors (Lipinski definition) is 5. The van der Waals surface area contributed by atoms with E-state index in [2.05, 4.69) is 122 Å². The number of benzene rings is 2. The van der Waals surface area contributed by atoms with E-state index in [0.717, 1.165) is 54.3 Å². The highest BCUT2D eigenvalue weighted by molar-refractivity contribution is 14.1. The van der Waals surface area contributed by atoms with Crippen molar-refractivity contribution in [1.82, 2.24) is 24.5 Å². The summed E-state index contributed by atoms with van der Waals surface area (Å²) in [5, 5.41) is 30.7. The van der Waals surface area contributed by atoms with Crippen molar-refractivity contribution in [3.63, 3.8) is 0 Å². The lowest BCUT2D eigenvalue weighted by atomic mass is 9.95. The molecule has 5 rings (SSSR count). The second-order valence-electron chi connectivity index (χ2n) is 12.2. The molecular formula is C30H38Br2IN5O2. The molecule has 2 aromatic heterocycles. The summed E-state index contributed by atoms with van der Waals surface area (Å²) in [6.45, 7) is 11.9. The van der Waals surface area contributed by atoms with Crippen LogP contribution in [-0.4, -0.2) is 68.0 Å². The van der Waals surface area contributed by atoms with E-state index >= 15 is 0 Å². The number of nitrogens with zero attached hydrogens (tertiary/aromatic N) is 5. The Bertz CT molecular complexity index is 1530. The molecule has 2 aromatic carbocycles. The molecule has 0 saturated heterocycles. The van der Waals surface area contributed by atoms with Crippen molar-refractivity contribution in [1.29, 1.82) is 0 Å². The number of halogens is 3. The standard InChI is InChI=1S/C18H24BrN3O.C12H14BrIN2O/c1-18(2,12-23)11-22-16-10-14(19)4-5-15(16)17(20-22)13-6-8-21(3)9-7-13;1-12(2,7-17)6-16-10-5-8(13)3-4-9(10)11(14)15-16/h4-6,10,23H,7-9,11-12H2,1-3H3;3-5,17H,6-7H2,1-2H3.